The third-order valence-corrected chi connectivity index (χ3v) is 6.40. The topological polar surface area (TPSA) is 52.6 Å². The average Bonchev–Trinajstić information content (AvgIpc) is 2.73. The van der Waals surface area contributed by atoms with E-state index in [9.17, 15) is 8.42 Å². The lowest BCUT2D eigenvalue weighted by molar-refractivity contribution is 0.350. The molecule has 3 aromatic carbocycles. The highest BCUT2D eigenvalue weighted by molar-refractivity contribution is 7.95. The average molecular weight is 378 g/mol. The molecule has 136 valence electrons. The summed E-state index contributed by atoms with van der Waals surface area (Å²) in [5, 5.41) is 0. The monoisotopic (exact) mass is 378 g/mol. The second-order valence-corrected chi connectivity index (χ2v) is 8.10. The van der Waals surface area contributed by atoms with Gasteiger partial charge in [0.25, 0.3) is 0 Å². The van der Waals surface area contributed by atoms with Gasteiger partial charge in [0.2, 0.25) is 9.84 Å². The summed E-state index contributed by atoms with van der Waals surface area (Å²) in [6.07, 6.45) is 0. The minimum Gasteiger partial charge on any atom is -0.497 e. The zero-order valence-electron chi connectivity index (χ0n) is 14.8. The van der Waals surface area contributed by atoms with Crippen LogP contribution in [-0.4, -0.2) is 22.1 Å². The molecule has 0 amide bonds. The largest absolute Gasteiger partial charge is 0.497 e. The first-order valence-corrected chi connectivity index (χ1v) is 9.99. The van der Waals surface area contributed by atoms with Crippen molar-refractivity contribution >= 4 is 15.4 Å². The van der Waals surface area contributed by atoms with E-state index in [1.807, 2.05) is 42.5 Å². The lowest BCUT2D eigenvalue weighted by Crippen LogP contribution is -2.19. The zero-order valence-corrected chi connectivity index (χ0v) is 15.6. The van der Waals surface area contributed by atoms with E-state index in [2.05, 4.69) is 0 Å². The molecule has 0 atom stereocenters. The molecule has 5 heteroatoms. The summed E-state index contributed by atoms with van der Waals surface area (Å²) < 4.78 is 37.9. The summed E-state index contributed by atoms with van der Waals surface area (Å²) in [5.74, 6) is 1.28. The molecule has 0 aromatic heterocycles. The third-order valence-electron chi connectivity index (χ3n) is 4.53. The summed E-state index contributed by atoms with van der Waals surface area (Å²) >= 11 is 0. The predicted octanol–water partition coefficient (Wildman–Crippen LogP) is 4.32. The number of sulfone groups is 1. The van der Waals surface area contributed by atoms with Gasteiger partial charge < -0.3 is 9.47 Å². The maximum absolute atomic E-state index is 13.4. The molecule has 3 aromatic rings. The Kier molecular flexibility index (Phi) is 4.46. The van der Waals surface area contributed by atoms with E-state index in [0.29, 0.717) is 22.6 Å². The standard InChI is InChI=1S/C22H18O4S/c1-25-17-12-13-20-19(14-17)22(16-8-4-2-5-9-16)21(15-26-20)27(23,24)18-10-6-3-7-11-18/h2-14H,15H2,1H3. The number of fused-ring (bicyclic) bond motifs is 1. The van der Waals surface area contributed by atoms with Gasteiger partial charge in [0.05, 0.1) is 16.9 Å². The highest BCUT2D eigenvalue weighted by Crippen LogP contribution is 2.42. The summed E-state index contributed by atoms with van der Waals surface area (Å²) in [7, 11) is -2.13. The molecule has 0 saturated carbocycles. The van der Waals surface area contributed by atoms with Crippen LogP contribution in [0.4, 0.5) is 0 Å². The smallest absolute Gasteiger partial charge is 0.206 e. The van der Waals surface area contributed by atoms with Gasteiger partial charge in [0, 0.05) is 11.1 Å². The highest BCUT2D eigenvalue weighted by atomic mass is 32.2. The molecule has 0 unspecified atom stereocenters. The van der Waals surface area contributed by atoms with Crippen molar-refractivity contribution in [3.8, 4) is 11.5 Å². The van der Waals surface area contributed by atoms with E-state index in [1.54, 1.807) is 43.5 Å². The Balaban J connectivity index is 2.02. The van der Waals surface area contributed by atoms with Crippen LogP contribution in [0.15, 0.2) is 88.7 Å². The SMILES string of the molecule is COc1ccc2c(c1)C(c1ccccc1)=C(S(=O)(=O)c1ccccc1)CO2. The van der Waals surface area contributed by atoms with Crippen molar-refractivity contribution in [3.63, 3.8) is 0 Å². The van der Waals surface area contributed by atoms with Crippen LogP contribution in [0.1, 0.15) is 11.1 Å². The van der Waals surface area contributed by atoms with Gasteiger partial charge in [-0.05, 0) is 35.9 Å². The fourth-order valence-corrected chi connectivity index (χ4v) is 4.71. The molecule has 1 aliphatic rings. The van der Waals surface area contributed by atoms with Crippen LogP contribution in [0, 0.1) is 0 Å². The second-order valence-electron chi connectivity index (χ2n) is 6.13. The lowest BCUT2D eigenvalue weighted by atomic mass is 9.95. The van der Waals surface area contributed by atoms with Crippen molar-refractivity contribution in [3.05, 3.63) is 94.9 Å². The molecule has 0 bridgehead atoms. The van der Waals surface area contributed by atoms with Crippen molar-refractivity contribution in [2.24, 2.45) is 0 Å². The first-order valence-electron chi connectivity index (χ1n) is 8.51. The first-order chi connectivity index (χ1) is 13.1. The van der Waals surface area contributed by atoms with Gasteiger partial charge in [-0.25, -0.2) is 8.42 Å². The second kappa shape index (κ2) is 6.93. The van der Waals surface area contributed by atoms with Gasteiger partial charge in [-0.1, -0.05) is 48.5 Å². The fourth-order valence-electron chi connectivity index (χ4n) is 3.20. The molecule has 0 saturated heterocycles. The molecule has 1 heterocycles. The predicted molar refractivity (Wildman–Crippen MR) is 105 cm³/mol. The minimum atomic E-state index is -3.71. The number of methoxy groups -OCH3 is 1. The van der Waals surface area contributed by atoms with Gasteiger partial charge >= 0.3 is 0 Å². The van der Waals surface area contributed by atoms with Crippen LogP contribution in [0.25, 0.3) is 5.57 Å². The summed E-state index contributed by atoms with van der Waals surface area (Å²) in [6, 6.07) is 23.4. The van der Waals surface area contributed by atoms with E-state index in [-0.39, 0.29) is 16.4 Å². The molecule has 0 fully saturated rings. The van der Waals surface area contributed by atoms with Crippen molar-refractivity contribution in [1.82, 2.24) is 0 Å². The van der Waals surface area contributed by atoms with E-state index in [0.717, 1.165) is 5.56 Å². The normalized spacial score (nSPS) is 13.7. The third kappa shape index (κ3) is 3.11. The van der Waals surface area contributed by atoms with E-state index in [4.69, 9.17) is 9.47 Å². The molecule has 4 nitrogen and oxygen atoms in total. The van der Waals surface area contributed by atoms with Crippen LogP contribution in [0.5, 0.6) is 11.5 Å². The van der Waals surface area contributed by atoms with E-state index < -0.39 is 9.84 Å². The molecule has 27 heavy (non-hydrogen) atoms. The van der Waals surface area contributed by atoms with Crippen molar-refractivity contribution in [2.75, 3.05) is 13.7 Å². The molecular formula is C22H18O4S. The van der Waals surface area contributed by atoms with Crippen LogP contribution in [0.3, 0.4) is 0 Å². The number of hydrogen-bond acceptors (Lipinski definition) is 4. The summed E-state index contributed by atoms with van der Waals surface area (Å²) in [6.45, 7) is -0.0131. The Morgan fingerprint density at radius 3 is 2.22 bits per heavy atom. The van der Waals surface area contributed by atoms with Gasteiger partial charge in [-0.3, -0.25) is 0 Å². The van der Waals surface area contributed by atoms with E-state index >= 15 is 0 Å². The lowest BCUT2D eigenvalue weighted by Gasteiger charge is -2.25. The summed E-state index contributed by atoms with van der Waals surface area (Å²) in [4.78, 5) is 0.504. The number of benzene rings is 3. The van der Waals surface area contributed by atoms with Gasteiger partial charge in [0.1, 0.15) is 18.1 Å². The molecule has 0 radical (unpaired) electrons. The van der Waals surface area contributed by atoms with Crippen LogP contribution in [-0.2, 0) is 9.84 Å². The molecule has 4 rings (SSSR count). The van der Waals surface area contributed by atoms with Crippen molar-refractivity contribution < 1.29 is 17.9 Å². The molecule has 1 aliphatic heterocycles. The van der Waals surface area contributed by atoms with Crippen LogP contribution < -0.4 is 9.47 Å². The van der Waals surface area contributed by atoms with Gasteiger partial charge in [-0.15, -0.1) is 0 Å². The van der Waals surface area contributed by atoms with Crippen LogP contribution in [0.2, 0.25) is 0 Å². The van der Waals surface area contributed by atoms with E-state index in [1.165, 1.54) is 0 Å². The number of hydrogen-bond donors (Lipinski definition) is 0. The molecule has 0 spiro atoms. The summed E-state index contributed by atoms with van der Waals surface area (Å²) in [5.41, 5.74) is 2.19. The van der Waals surface area contributed by atoms with Crippen LogP contribution >= 0.6 is 0 Å². The first kappa shape index (κ1) is 17.4. The van der Waals surface area contributed by atoms with Gasteiger partial charge in [0.15, 0.2) is 0 Å². The van der Waals surface area contributed by atoms with Gasteiger partial charge in [-0.2, -0.15) is 0 Å². The molecule has 0 aliphatic carbocycles. The Morgan fingerprint density at radius 1 is 0.889 bits per heavy atom. The zero-order chi connectivity index (χ0) is 18.9. The molecule has 0 N–H and O–H groups in total. The minimum absolute atomic E-state index is 0.0131. The van der Waals surface area contributed by atoms with Crippen molar-refractivity contribution in [1.29, 1.82) is 0 Å². The Bertz CT molecular complexity index is 1100. The quantitative estimate of drug-likeness (QED) is 0.678. The fraction of sp³-hybridized carbons (Fsp3) is 0.0909. The molecular weight excluding hydrogens is 360 g/mol. The van der Waals surface area contributed by atoms with Crippen molar-refractivity contribution in [2.45, 2.75) is 4.90 Å². The maximum atomic E-state index is 13.4. The Morgan fingerprint density at radius 2 is 1.56 bits per heavy atom. The number of rotatable bonds is 4. The highest BCUT2D eigenvalue weighted by Gasteiger charge is 2.31. The Labute approximate surface area is 158 Å². The Hall–Kier alpha value is -3.05. The maximum Gasteiger partial charge on any atom is 0.206 e. The number of ether oxygens (including phenoxy) is 2.